The first-order valence-corrected chi connectivity index (χ1v) is 5.28. The summed E-state index contributed by atoms with van der Waals surface area (Å²) in [6.07, 6.45) is 0.673. The zero-order chi connectivity index (χ0) is 11.3. The molecular formula is C9H11N3O2S. The summed E-state index contributed by atoms with van der Waals surface area (Å²) in [6.45, 7) is 0. The van der Waals surface area contributed by atoms with Crippen LogP contribution in [0.1, 0.15) is 5.56 Å². The number of rotatable bonds is 4. The average Bonchev–Trinajstić information content (AvgIpc) is 2.17. The predicted octanol–water partition coefficient (Wildman–Crippen LogP) is 1.76. The van der Waals surface area contributed by atoms with Crippen molar-refractivity contribution in [1.29, 1.82) is 5.41 Å². The van der Waals surface area contributed by atoms with Crippen LogP contribution in [-0.2, 0) is 6.42 Å². The Morgan fingerprint density at radius 2 is 2.33 bits per heavy atom. The molecular weight excluding hydrogens is 214 g/mol. The zero-order valence-corrected chi connectivity index (χ0v) is 8.79. The molecule has 0 spiro atoms. The summed E-state index contributed by atoms with van der Waals surface area (Å²) in [5.74, 6) is 0.663. The lowest BCUT2D eigenvalue weighted by molar-refractivity contribution is -0.384. The molecule has 0 bridgehead atoms. The third-order valence-corrected chi connectivity index (χ3v) is 2.49. The number of nitro groups is 1. The molecule has 0 aliphatic carbocycles. The maximum atomic E-state index is 10.5. The van der Waals surface area contributed by atoms with Crippen LogP contribution in [0.4, 0.5) is 5.69 Å². The molecule has 1 aromatic rings. The summed E-state index contributed by atoms with van der Waals surface area (Å²) < 4.78 is 0. The molecule has 1 aromatic carbocycles. The minimum Gasteiger partial charge on any atom is -0.379 e. The van der Waals surface area contributed by atoms with E-state index in [1.54, 1.807) is 12.1 Å². The summed E-state index contributed by atoms with van der Waals surface area (Å²) in [4.78, 5) is 10.1. The highest BCUT2D eigenvalue weighted by atomic mass is 32.2. The molecule has 1 rings (SSSR count). The van der Waals surface area contributed by atoms with Gasteiger partial charge in [0.1, 0.15) is 0 Å². The molecule has 0 unspecified atom stereocenters. The molecule has 0 amide bonds. The fraction of sp³-hybridized carbons (Fsp3) is 0.222. The number of non-ortho nitro benzene ring substituents is 1. The highest BCUT2D eigenvalue weighted by molar-refractivity contribution is 8.13. The molecule has 0 aromatic heterocycles. The number of hydrogen-bond acceptors (Lipinski definition) is 4. The lowest BCUT2D eigenvalue weighted by Crippen LogP contribution is -2.05. The Bertz CT molecular complexity index is 381. The minimum absolute atomic E-state index is 0.0698. The monoisotopic (exact) mass is 225 g/mol. The van der Waals surface area contributed by atoms with E-state index in [0.717, 1.165) is 5.56 Å². The van der Waals surface area contributed by atoms with Crippen molar-refractivity contribution in [1.82, 2.24) is 0 Å². The highest BCUT2D eigenvalue weighted by Crippen LogP contribution is 2.14. The number of thioether (sulfide) groups is 1. The zero-order valence-electron chi connectivity index (χ0n) is 7.97. The minimum atomic E-state index is -0.415. The number of benzene rings is 1. The Morgan fingerprint density at radius 1 is 1.60 bits per heavy atom. The molecule has 0 heterocycles. The first-order chi connectivity index (χ1) is 7.09. The van der Waals surface area contributed by atoms with Crippen molar-refractivity contribution < 1.29 is 4.92 Å². The van der Waals surface area contributed by atoms with Crippen molar-refractivity contribution in [2.45, 2.75) is 6.42 Å². The van der Waals surface area contributed by atoms with Crippen LogP contribution in [0.25, 0.3) is 0 Å². The van der Waals surface area contributed by atoms with E-state index >= 15 is 0 Å². The maximum Gasteiger partial charge on any atom is 0.269 e. The van der Waals surface area contributed by atoms with Gasteiger partial charge in [0.05, 0.1) is 4.92 Å². The second-order valence-electron chi connectivity index (χ2n) is 2.89. The number of nitrogens with zero attached hydrogens (tertiary/aromatic N) is 1. The predicted molar refractivity (Wildman–Crippen MR) is 61.2 cm³/mol. The van der Waals surface area contributed by atoms with E-state index in [1.807, 2.05) is 6.07 Å². The van der Waals surface area contributed by atoms with Crippen LogP contribution in [0.3, 0.4) is 0 Å². The topological polar surface area (TPSA) is 93.0 Å². The van der Waals surface area contributed by atoms with E-state index < -0.39 is 4.92 Å². The van der Waals surface area contributed by atoms with E-state index in [-0.39, 0.29) is 10.9 Å². The van der Waals surface area contributed by atoms with E-state index in [2.05, 4.69) is 0 Å². The molecule has 0 aliphatic heterocycles. The van der Waals surface area contributed by atoms with E-state index in [0.29, 0.717) is 12.2 Å². The fourth-order valence-electron chi connectivity index (χ4n) is 1.10. The van der Waals surface area contributed by atoms with E-state index in [1.165, 1.54) is 17.8 Å². The summed E-state index contributed by atoms with van der Waals surface area (Å²) in [6, 6.07) is 6.49. The number of nitrogens with two attached hydrogens (primary N) is 1. The van der Waals surface area contributed by atoms with Gasteiger partial charge in [0.2, 0.25) is 0 Å². The maximum absolute atomic E-state index is 10.5. The smallest absolute Gasteiger partial charge is 0.269 e. The molecule has 80 valence electrons. The third kappa shape index (κ3) is 3.99. The third-order valence-electron chi connectivity index (χ3n) is 1.77. The van der Waals surface area contributed by atoms with Crippen molar-refractivity contribution >= 4 is 22.6 Å². The first-order valence-electron chi connectivity index (χ1n) is 4.30. The van der Waals surface area contributed by atoms with Gasteiger partial charge >= 0.3 is 0 Å². The normalized spacial score (nSPS) is 9.87. The van der Waals surface area contributed by atoms with Gasteiger partial charge in [0.15, 0.2) is 5.17 Å². The van der Waals surface area contributed by atoms with Gasteiger partial charge in [-0.2, -0.15) is 0 Å². The molecule has 0 aliphatic rings. The molecule has 6 heteroatoms. The largest absolute Gasteiger partial charge is 0.379 e. The van der Waals surface area contributed by atoms with Crippen LogP contribution in [0.5, 0.6) is 0 Å². The molecule has 0 radical (unpaired) electrons. The van der Waals surface area contributed by atoms with Gasteiger partial charge in [-0.3, -0.25) is 15.5 Å². The lowest BCUT2D eigenvalue weighted by Gasteiger charge is -2.00. The van der Waals surface area contributed by atoms with Crippen LogP contribution >= 0.6 is 11.8 Å². The van der Waals surface area contributed by atoms with Crippen molar-refractivity contribution in [2.75, 3.05) is 5.75 Å². The molecule has 3 N–H and O–H groups in total. The number of amidine groups is 1. The fourth-order valence-corrected chi connectivity index (χ4v) is 1.66. The lowest BCUT2D eigenvalue weighted by atomic mass is 10.1. The summed E-state index contributed by atoms with van der Waals surface area (Å²) >= 11 is 1.23. The SMILES string of the molecule is N=C(N)SCCc1cccc([N+](=O)[O-])c1. The standard InChI is InChI=1S/C9H11N3O2S/c10-9(11)15-5-4-7-2-1-3-8(6-7)12(13)14/h1-3,6H,4-5H2,(H3,10,11). The number of hydrogen-bond donors (Lipinski definition) is 2. The van der Waals surface area contributed by atoms with Gasteiger partial charge in [0, 0.05) is 17.9 Å². The van der Waals surface area contributed by atoms with E-state index in [4.69, 9.17) is 11.1 Å². The number of aryl methyl sites for hydroxylation is 1. The van der Waals surface area contributed by atoms with Gasteiger partial charge in [-0.05, 0) is 12.0 Å². The molecule has 0 saturated heterocycles. The molecule has 0 saturated carbocycles. The summed E-state index contributed by atoms with van der Waals surface area (Å²) in [5.41, 5.74) is 6.16. The van der Waals surface area contributed by atoms with Crippen molar-refractivity contribution in [3.05, 3.63) is 39.9 Å². The Kier molecular flexibility index (Phi) is 4.11. The quantitative estimate of drug-likeness (QED) is 0.353. The molecule has 5 nitrogen and oxygen atoms in total. The van der Waals surface area contributed by atoms with Crippen molar-refractivity contribution in [2.24, 2.45) is 5.73 Å². The molecule has 0 fully saturated rings. The van der Waals surface area contributed by atoms with Gasteiger partial charge in [-0.1, -0.05) is 23.9 Å². The number of nitrogens with one attached hydrogen (secondary N) is 1. The van der Waals surface area contributed by atoms with Crippen molar-refractivity contribution in [3.63, 3.8) is 0 Å². The average molecular weight is 225 g/mol. The molecule has 15 heavy (non-hydrogen) atoms. The summed E-state index contributed by atoms with van der Waals surface area (Å²) in [5, 5.41) is 17.6. The van der Waals surface area contributed by atoms with Crippen LogP contribution in [0, 0.1) is 15.5 Å². The summed E-state index contributed by atoms with van der Waals surface area (Å²) in [7, 11) is 0. The van der Waals surface area contributed by atoms with Crippen LogP contribution < -0.4 is 5.73 Å². The van der Waals surface area contributed by atoms with Crippen LogP contribution in [-0.4, -0.2) is 15.8 Å². The van der Waals surface area contributed by atoms with E-state index in [9.17, 15) is 10.1 Å². The van der Waals surface area contributed by atoms with Gasteiger partial charge in [-0.15, -0.1) is 0 Å². The second-order valence-corrected chi connectivity index (χ2v) is 4.03. The molecule has 0 atom stereocenters. The Labute approximate surface area is 91.3 Å². The van der Waals surface area contributed by atoms with Crippen LogP contribution in [0.2, 0.25) is 0 Å². The van der Waals surface area contributed by atoms with Gasteiger partial charge < -0.3 is 5.73 Å². The van der Waals surface area contributed by atoms with Gasteiger partial charge in [-0.25, -0.2) is 0 Å². The Balaban J connectivity index is 2.58. The second kappa shape index (κ2) is 5.35. The Morgan fingerprint density at radius 3 is 2.93 bits per heavy atom. The first kappa shape index (κ1) is 11.5. The Hall–Kier alpha value is -1.56. The highest BCUT2D eigenvalue weighted by Gasteiger charge is 2.05. The number of nitro benzene ring substituents is 1. The van der Waals surface area contributed by atoms with Crippen molar-refractivity contribution in [3.8, 4) is 0 Å². The van der Waals surface area contributed by atoms with Gasteiger partial charge in [0.25, 0.3) is 5.69 Å². The van der Waals surface area contributed by atoms with Crippen LogP contribution in [0.15, 0.2) is 24.3 Å².